The summed E-state index contributed by atoms with van der Waals surface area (Å²) in [7, 11) is 0. The lowest BCUT2D eigenvalue weighted by Gasteiger charge is -2.18. The van der Waals surface area contributed by atoms with Crippen molar-refractivity contribution in [2.24, 2.45) is 0 Å². The summed E-state index contributed by atoms with van der Waals surface area (Å²) in [5, 5.41) is 5.92. The van der Waals surface area contributed by atoms with Gasteiger partial charge >= 0.3 is 0 Å². The van der Waals surface area contributed by atoms with Gasteiger partial charge in [-0.15, -0.1) is 0 Å². The van der Waals surface area contributed by atoms with Crippen molar-refractivity contribution in [1.29, 1.82) is 0 Å². The Morgan fingerprint density at radius 3 is 2.34 bits per heavy atom. The molecule has 0 aliphatic carbocycles. The number of H-pyrrole nitrogens is 1. The Hall–Kier alpha value is -3.55. The van der Waals surface area contributed by atoms with Gasteiger partial charge in [0.2, 0.25) is 5.91 Å². The normalized spacial score (nSPS) is 11.8. The number of fused-ring (bicyclic) bond motifs is 1. The molecule has 0 aliphatic rings. The molecule has 0 radical (unpaired) electrons. The third-order valence-corrected chi connectivity index (χ3v) is 4.95. The zero-order valence-corrected chi connectivity index (χ0v) is 18.6. The lowest BCUT2D eigenvalue weighted by atomic mass is 10.1. The molecule has 1 aromatic heterocycles. The van der Waals surface area contributed by atoms with Gasteiger partial charge in [-0.2, -0.15) is 0 Å². The van der Waals surface area contributed by atoms with Crippen LogP contribution in [-0.4, -0.2) is 28.9 Å². The van der Waals surface area contributed by atoms with E-state index in [-0.39, 0.29) is 18.0 Å². The van der Waals surface area contributed by atoms with E-state index in [4.69, 9.17) is 9.47 Å². The highest BCUT2D eigenvalue weighted by Crippen LogP contribution is 2.31. The maximum Gasteiger partial charge on any atom is 0.273 e. The highest BCUT2D eigenvalue weighted by molar-refractivity contribution is 5.81. The quantitative estimate of drug-likeness (QED) is 0.505. The Morgan fingerprint density at radius 2 is 1.66 bits per heavy atom. The van der Waals surface area contributed by atoms with Crippen LogP contribution in [0.25, 0.3) is 10.8 Å². The number of benzene rings is 2. The molecular formula is C24H29N3O5. The van der Waals surface area contributed by atoms with Crippen molar-refractivity contribution in [3.05, 3.63) is 68.7 Å². The van der Waals surface area contributed by atoms with Gasteiger partial charge in [0.25, 0.3) is 11.1 Å². The zero-order valence-electron chi connectivity index (χ0n) is 18.6. The van der Waals surface area contributed by atoms with Crippen molar-refractivity contribution in [3.8, 4) is 11.5 Å². The van der Waals surface area contributed by atoms with Gasteiger partial charge < -0.3 is 14.8 Å². The third-order valence-electron chi connectivity index (χ3n) is 4.95. The maximum absolute atomic E-state index is 12.6. The van der Waals surface area contributed by atoms with E-state index in [1.165, 1.54) is 0 Å². The molecule has 8 nitrogen and oxygen atoms in total. The Bertz CT molecular complexity index is 1200. The molecule has 0 saturated carbocycles. The first-order valence-electron chi connectivity index (χ1n) is 10.8. The summed E-state index contributed by atoms with van der Waals surface area (Å²) in [6.45, 7) is 6.76. The number of amides is 1. The van der Waals surface area contributed by atoms with Crippen LogP contribution in [0.5, 0.6) is 11.5 Å². The standard InChI is InChI=1S/C24H29N3O5/c1-4-12-31-20-11-10-17(14-21(20)32-13-5-2)16(3)25-22(28)15-27-24(30)19-9-7-6-8-18(19)23(29)26-27/h6-11,14,16H,4-5,12-13,15H2,1-3H3,(H,25,28)(H,26,29)/t16-/m0/s1. The van der Waals surface area contributed by atoms with Gasteiger partial charge in [-0.3, -0.25) is 19.5 Å². The van der Waals surface area contributed by atoms with Crippen LogP contribution in [0.3, 0.4) is 0 Å². The van der Waals surface area contributed by atoms with Gasteiger partial charge in [0.15, 0.2) is 11.5 Å². The minimum Gasteiger partial charge on any atom is -0.490 e. The molecule has 170 valence electrons. The second-order valence-corrected chi connectivity index (χ2v) is 7.57. The molecule has 0 aliphatic heterocycles. The number of aromatic amines is 1. The fourth-order valence-electron chi connectivity index (χ4n) is 3.32. The van der Waals surface area contributed by atoms with Crippen LogP contribution < -0.4 is 25.9 Å². The molecule has 3 aromatic rings. The van der Waals surface area contributed by atoms with Gasteiger partial charge in [0, 0.05) is 0 Å². The predicted octanol–water partition coefficient (Wildman–Crippen LogP) is 3.14. The van der Waals surface area contributed by atoms with Crippen LogP contribution in [0.1, 0.15) is 45.2 Å². The molecule has 1 heterocycles. The number of nitrogens with zero attached hydrogens (tertiary/aromatic N) is 1. The molecule has 1 atom stereocenters. The number of aromatic nitrogens is 2. The molecular weight excluding hydrogens is 410 g/mol. The first kappa shape index (κ1) is 23.1. The van der Waals surface area contributed by atoms with Crippen LogP contribution in [0.4, 0.5) is 0 Å². The van der Waals surface area contributed by atoms with Crippen LogP contribution in [-0.2, 0) is 11.3 Å². The van der Waals surface area contributed by atoms with Gasteiger partial charge in [-0.1, -0.05) is 32.0 Å². The fourth-order valence-corrected chi connectivity index (χ4v) is 3.32. The summed E-state index contributed by atoms with van der Waals surface area (Å²) >= 11 is 0. The first-order valence-corrected chi connectivity index (χ1v) is 10.8. The minimum absolute atomic E-state index is 0.275. The highest BCUT2D eigenvalue weighted by Gasteiger charge is 2.15. The van der Waals surface area contributed by atoms with Crippen LogP contribution in [0.2, 0.25) is 0 Å². The Kier molecular flexibility index (Phi) is 7.70. The van der Waals surface area contributed by atoms with E-state index in [1.807, 2.05) is 39.0 Å². The predicted molar refractivity (Wildman–Crippen MR) is 123 cm³/mol. The van der Waals surface area contributed by atoms with E-state index < -0.39 is 17.0 Å². The minimum atomic E-state index is -0.421. The molecule has 0 spiro atoms. The summed E-state index contributed by atoms with van der Waals surface area (Å²) < 4.78 is 12.6. The van der Waals surface area contributed by atoms with Crippen molar-refractivity contribution in [3.63, 3.8) is 0 Å². The number of nitrogens with one attached hydrogen (secondary N) is 2. The SMILES string of the molecule is CCCOc1ccc([C@H](C)NC(=O)Cn2[nH]c(=O)c3ccccc3c2=O)cc1OCCC. The number of hydrogen-bond acceptors (Lipinski definition) is 5. The van der Waals surface area contributed by atoms with E-state index in [0.717, 1.165) is 23.1 Å². The topological polar surface area (TPSA) is 102 Å². The van der Waals surface area contributed by atoms with Crippen molar-refractivity contribution in [2.75, 3.05) is 13.2 Å². The molecule has 2 N–H and O–H groups in total. The van der Waals surface area contributed by atoms with E-state index in [1.54, 1.807) is 24.3 Å². The largest absolute Gasteiger partial charge is 0.490 e. The second-order valence-electron chi connectivity index (χ2n) is 7.57. The molecule has 3 rings (SSSR count). The van der Waals surface area contributed by atoms with E-state index >= 15 is 0 Å². The van der Waals surface area contributed by atoms with Crippen LogP contribution in [0.15, 0.2) is 52.1 Å². The van der Waals surface area contributed by atoms with Crippen LogP contribution >= 0.6 is 0 Å². The molecule has 32 heavy (non-hydrogen) atoms. The third kappa shape index (κ3) is 5.38. The fraction of sp³-hybridized carbons (Fsp3) is 0.375. The van der Waals surface area contributed by atoms with Gasteiger partial charge in [0.05, 0.1) is 30.0 Å². The summed E-state index contributed by atoms with van der Waals surface area (Å²) in [6.07, 6.45) is 1.75. The Labute approximate surface area is 186 Å². The molecule has 2 aromatic carbocycles. The lowest BCUT2D eigenvalue weighted by molar-refractivity contribution is -0.122. The maximum atomic E-state index is 12.6. The Balaban J connectivity index is 1.75. The number of hydrogen-bond donors (Lipinski definition) is 2. The average Bonchev–Trinajstić information content (AvgIpc) is 2.79. The molecule has 0 bridgehead atoms. The van der Waals surface area contributed by atoms with Gasteiger partial charge in [-0.25, -0.2) is 4.68 Å². The van der Waals surface area contributed by atoms with Crippen molar-refractivity contribution < 1.29 is 14.3 Å². The zero-order chi connectivity index (χ0) is 23.1. The summed E-state index contributed by atoms with van der Waals surface area (Å²) in [5.41, 5.74) is 0.00441. The monoisotopic (exact) mass is 439 g/mol. The van der Waals surface area contributed by atoms with E-state index in [0.29, 0.717) is 30.1 Å². The van der Waals surface area contributed by atoms with Gasteiger partial charge in [-0.05, 0) is 49.6 Å². The lowest BCUT2D eigenvalue weighted by Crippen LogP contribution is -2.37. The highest BCUT2D eigenvalue weighted by atomic mass is 16.5. The summed E-state index contributed by atoms with van der Waals surface area (Å²) in [6, 6.07) is 11.7. The van der Waals surface area contributed by atoms with E-state index in [2.05, 4.69) is 10.4 Å². The average molecular weight is 440 g/mol. The number of carbonyl (C=O) groups excluding carboxylic acids is 1. The van der Waals surface area contributed by atoms with Gasteiger partial charge in [0.1, 0.15) is 6.54 Å². The van der Waals surface area contributed by atoms with Crippen molar-refractivity contribution in [2.45, 2.75) is 46.2 Å². The molecule has 0 fully saturated rings. The van der Waals surface area contributed by atoms with Crippen molar-refractivity contribution >= 4 is 16.7 Å². The molecule has 8 heteroatoms. The van der Waals surface area contributed by atoms with Crippen LogP contribution in [0, 0.1) is 0 Å². The van der Waals surface area contributed by atoms with E-state index in [9.17, 15) is 14.4 Å². The summed E-state index contributed by atoms with van der Waals surface area (Å²) in [4.78, 5) is 37.5. The molecule has 1 amide bonds. The molecule has 0 saturated heterocycles. The molecule has 0 unspecified atom stereocenters. The van der Waals surface area contributed by atoms with Crippen molar-refractivity contribution in [1.82, 2.24) is 15.1 Å². The number of ether oxygens (including phenoxy) is 2. The number of carbonyl (C=O) groups is 1. The summed E-state index contributed by atoms with van der Waals surface area (Å²) in [5.74, 6) is 0.907. The smallest absolute Gasteiger partial charge is 0.273 e. The Morgan fingerprint density at radius 1 is 1.00 bits per heavy atom. The second kappa shape index (κ2) is 10.7. The first-order chi connectivity index (χ1) is 15.4. The number of rotatable bonds is 10.